The van der Waals surface area contributed by atoms with Gasteiger partial charge in [0.25, 0.3) is 5.56 Å². The van der Waals surface area contributed by atoms with Crippen molar-refractivity contribution in [1.82, 2.24) is 24.6 Å². The number of aromatic nitrogens is 4. The molecule has 1 unspecified atom stereocenters. The number of imidazole rings is 1. The second kappa shape index (κ2) is 9.71. The first-order chi connectivity index (χ1) is 14.8. The van der Waals surface area contributed by atoms with Gasteiger partial charge in [-0.2, -0.15) is 10.1 Å². The fraction of sp³-hybridized carbons (Fsp3) is 0.294. The van der Waals surface area contributed by atoms with Gasteiger partial charge in [-0.1, -0.05) is 18.2 Å². The van der Waals surface area contributed by atoms with E-state index >= 15 is 0 Å². The number of nitrogens with zero attached hydrogens (tertiary/aromatic N) is 3. The first-order valence-corrected chi connectivity index (χ1v) is 10.6. The third kappa shape index (κ3) is 5.89. The Morgan fingerprint density at radius 3 is 2.81 bits per heavy atom. The number of anilines is 1. The summed E-state index contributed by atoms with van der Waals surface area (Å²) in [5, 5.41) is 11.4. The van der Waals surface area contributed by atoms with Crippen molar-refractivity contribution in [3.63, 3.8) is 0 Å². The molecular weight excluding hydrogens is 431 g/mol. The number of carboxylic acid groups (broad SMARTS) is 1. The number of fused-ring (bicyclic) bond motifs is 1. The number of aromatic amines is 1. The zero-order valence-corrected chi connectivity index (χ0v) is 17.3. The van der Waals surface area contributed by atoms with Crippen molar-refractivity contribution in [3.8, 4) is 5.75 Å². The number of ether oxygens (including phenoxy) is 1. The summed E-state index contributed by atoms with van der Waals surface area (Å²) in [7, 11) is -4.01. The van der Waals surface area contributed by atoms with Gasteiger partial charge in [-0.3, -0.25) is 23.7 Å². The lowest BCUT2D eigenvalue weighted by atomic mass is 10.3. The maximum absolute atomic E-state index is 13.0. The highest BCUT2D eigenvalue weighted by molar-refractivity contribution is 7.52. The van der Waals surface area contributed by atoms with Gasteiger partial charge in [-0.25, -0.2) is 9.55 Å². The maximum atomic E-state index is 13.0. The molecule has 0 saturated carbocycles. The van der Waals surface area contributed by atoms with Crippen molar-refractivity contribution in [1.29, 1.82) is 0 Å². The van der Waals surface area contributed by atoms with Gasteiger partial charge in [0.1, 0.15) is 18.5 Å². The summed E-state index contributed by atoms with van der Waals surface area (Å²) in [6.45, 7) is 1.09. The number of carboxylic acids is 1. The predicted molar refractivity (Wildman–Crippen MR) is 109 cm³/mol. The SMILES string of the molecule is C[C@H](NP(=O)(OCCOCn1cnc2c(=O)[nH]c(N)nc21)Oc1ccccc1)C(=O)O. The lowest BCUT2D eigenvalue weighted by Crippen LogP contribution is -2.33. The molecule has 0 radical (unpaired) electrons. The Bertz CT molecular complexity index is 1150. The molecule has 2 aromatic heterocycles. The molecule has 3 aromatic rings. The minimum absolute atomic E-state index is 0.0242. The van der Waals surface area contributed by atoms with Crippen molar-refractivity contribution < 1.29 is 28.3 Å². The molecule has 14 heteroatoms. The van der Waals surface area contributed by atoms with Crippen LogP contribution in [-0.2, 0) is 25.4 Å². The van der Waals surface area contributed by atoms with Crippen molar-refractivity contribution in [3.05, 3.63) is 47.0 Å². The standard InChI is InChI=1S/C17H21N6O7P/c1-11(16(25)26)22-31(27,30-12-5-3-2-4-6-12)29-8-7-28-10-23-9-19-13-14(23)20-17(18)21-15(13)24/h2-6,9,11H,7-8,10H2,1H3,(H,22,27)(H,25,26)(H3,18,20,21,24)/t11-,31?/m0/s1. The van der Waals surface area contributed by atoms with Crippen LogP contribution in [-0.4, -0.2) is 49.9 Å². The largest absolute Gasteiger partial charge is 0.480 e. The van der Waals surface area contributed by atoms with Gasteiger partial charge < -0.3 is 20.1 Å². The topological polar surface area (TPSA) is 184 Å². The molecule has 31 heavy (non-hydrogen) atoms. The highest BCUT2D eigenvalue weighted by Crippen LogP contribution is 2.44. The molecule has 166 valence electrons. The zero-order chi connectivity index (χ0) is 22.4. The molecule has 13 nitrogen and oxygen atoms in total. The first-order valence-electron chi connectivity index (χ1n) is 9.05. The summed E-state index contributed by atoms with van der Waals surface area (Å²) in [5.41, 5.74) is 5.43. The quantitative estimate of drug-likeness (QED) is 0.240. The van der Waals surface area contributed by atoms with Gasteiger partial charge in [0.05, 0.1) is 19.5 Å². The van der Waals surface area contributed by atoms with Crippen LogP contribution in [0.2, 0.25) is 0 Å². The number of para-hydroxylation sites is 1. The molecule has 0 aliphatic rings. The van der Waals surface area contributed by atoms with E-state index in [1.807, 2.05) is 0 Å². The number of nitrogens with one attached hydrogen (secondary N) is 2. The Morgan fingerprint density at radius 1 is 1.35 bits per heavy atom. The van der Waals surface area contributed by atoms with E-state index in [9.17, 15) is 14.2 Å². The number of nitrogens with two attached hydrogens (primary N) is 1. The van der Waals surface area contributed by atoms with E-state index in [2.05, 4.69) is 20.0 Å². The van der Waals surface area contributed by atoms with Crippen molar-refractivity contribution >= 4 is 30.8 Å². The number of aliphatic carboxylic acids is 1. The Kier molecular flexibility index (Phi) is 7.02. The average molecular weight is 452 g/mol. The summed E-state index contributed by atoms with van der Waals surface area (Å²) >= 11 is 0. The normalized spacial score (nSPS) is 14.2. The minimum atomic E-state index is -4.01. The van der Waals surface area contributed by atoms with E-state index in [1.165, 1.54) is 17.8 Å². The van der Waals surface area contributed by atoms with Gasteiger partial charge in [0, 0.05) is 0 Å². The van der Waals surface area contributed by atoms with Gasteiger partial charge in [-0.15, -0.1) is 0 Å². The predicted octanol–water partition coefficient (Wildman–Crippen LogP) is 0.942. The van der Waals surface area contributed by atoms with Gasteiger partial charge in [0.15, 0.2) is 11.2 Å². The molecule has 2 atom stereocenters. The van der Waals surface area contributed by atoms with E-state index in [-0.39, 0.29) is 42.8 Å². The highest BCUT2D eigenvalue weighted by Gasteiger charge is 2.31. The van der Waals surface area contributed by atoms with E-state index in [0.29, 0.717) is 0 Å². The van der Waals surface area contributed by atoms with Crippen LogP contribution in [0.3, 0.4) is 0 Å². The molecule has 0 aliphatic heterocycles. The first kappa shape index (κ1) is 22.4. The fourth-order valence-electron chi connectivity index (χ4n) is 2.45. The summed E-state index contributed by atoms with van der Waals surface area (Å²) < 4.78 is 30.6. The van der Waals surface area contributed by atoms with Crippen molar-refractivity contribution in [2.24, 2.45) is 0 Å². The monoisotopic (exact) mass is 452 g/mol. The van der Waals surface area contributed by atoms with Gasteiger partial charge in [-0.05, 0) is 19.1 Å². The Hall–Kier alpha value is -3.25. The lowest BCUT2D eigenvalue weighted by molar-refractivity contribution is -0.138. The number of benzene rings is 1. The number of hydrogen-bond acceptors (Lipinski definition) is 9. The summed E-state index contributed by atoms with van der Waals surface area (Å²) in [6.07, 6.45) is 1.37. The second-order valence-corrected chi connectivity index (χ2v) is 7.99. The average Bonchev–Trinajstić information content (AvgIpc) is 3.11. The fourth-order valence-corrected chi connectivity index (χ4v) is 3.93. The lowest BCUT2D eigenvalue weighted by Gasteiger charge is -2.21. The molecule has 2 heterocycles. The van der Waals surface area contributed by atoms with Crippen molar-refractivity contribution in [2.75, 3.05) is 18.9 Å². The maximum Gasteiger partial charge on any atom is 0.459 e. The van der Waals surface area contributed by atoms with Crippen LogP contribution in [0, 0.1) is 0 Å². The highest BCUT2D eigenvalue weighted by atomic mass is 31.2. The van der Waals surface area contributed by atoms with Crippen LogP contribution in [0.5, 0.6) is 5.75 Å². The molecule has 0 spiro atoms. The van der Waals surface area contributed by atoms with Crippen molar-refractivity contribution in [2.45, 2.75) is 19.7 Å². The molecule has 0 fully saturated rings. The van der Waals surface area contributed by atoms with Crippen LogP contribution in [0.25, 0.3) is 11.2 Å². The third-order valence-electron chi connectivity index (χ3n) is 3.90. The molecule has 0 amide bonds. The molecular formula is C17H21N6O7P. The minimum Gasteiger partial charge on any atom is -0.480 e. The van der Waals surface area contributed by atoms with Crippen LogP contribution in [0.15, 0.2) is 41.5 Å². The van der Waals surface area contributed by atoms with Crippen LogP contribution >= 0.6 is 7.75 Å². The molecule has 0 bridgehead atoms. The number of rotatable bonds is 11. The summed E-state index contributed by atoms with van der Waals surface area (Å²) in [6, 6.07) is 7.03. The molecule has 0 aliphatic carbocycles. The Morgan fingerprint density at radius 2 is 2.10 bits per heavy atom. The number of H-pyrrole nitrogens is 1. The summed E-state index contributed by atoms with van der Waals surface area (Å²) in [4.78, 5) is 33.2. The van der Waals surface area contributed by atoms with Gasteiger partial charge in [0.2, 0.25) is 5.95 Å². The van der Waals surface area contributed by atoms with Crippen LogP contribution < -0.4 is 20.9 Å². The molecule has 5 N–H and O–H groups in total. The number of nitrogen functional groups attached to an aromatic ring is 1. The Balaban J connectivity index is 1.58. The van der Waals surface area contributed by atoms with E-state index in [0.717, 1.165) is 0 Å². The summed E-state index contributed by atoms with van der Waals surface area (Å²) in [5.74, 6) is -1.03. The van der Waals surface area contributed by atoms with E-state index < -0.39 is 25.3 Å². The molecule has 1 aromatic carbocycles. The van der Waals surface area contributed by atoms with Gasteiger partial charge >= 0.3 is 13.7 Å². The smallest absolute Gasteiger partial charge is 0.459 e. The molecule has 3 rings (SSSR count). The van der Waals surface area contributed by atoms with E-state index in [4.69, 9.17) is 24.6 Å². The number of carbonyl (C=O) groups is 1. The second-order valence-electron chi connectivity index (χ2n) is 6.30. The Labute approximate surface area is 175 Å². The van der Waals surface area contributed by atoms with Crippen LogP contribution in [0.4, 0.5) is 5.95 Å². The van der Waals surface area contributed by atoms with Crippen LogP contribution in [0.1, 0.15) is 6.92 Å². The zero-order valence-electron chi connectivity index (χ0n) is 16.4. The molecule has 0 saturated heterocycles. The van der Waals surface area contributed by atoms with E-state index in [1.54, 1.807) is 30.3 Å². The number of hydrogen-bond donors (Lipinski definition) is 4. The third-order valence-corrected chi connectivity index (χ3v) is 5.58.